The molecular formula is C33H21N3O. The molecule has 0 aliphatic heterocycles. The molecule has 0 aliphatic carbocycles. The first-order valence-electron chi connectivity index (χ1n) is 14.3. The molecule has 2 aromatic heterocycles. The topological polar surface area (TPSA) is 51.8 Å². The lowest BCUT2D eigenvalue weighted by Crippen LogP contribution is -2.00. The van der Waals surface area contributed by atoms with Crippen LogP contribution in [-0.2, 0) is 0 Å². The summed E-state index contributed by atoms with van der Waals surface area (Å²) in [6.07, 6.45) is 0. The number of benzene rings is 5. The van der Waals surface area contributed by atoms with Crippen LogP contribution in [0, 0.1) is 0 Å². The van der Waals surface area contributed by atoms with Gasteiger partial charge in [-0.1, -0.05) is 121 Å². The van der Waals surface area contributed by atoms with Crippen molar-refractivity contribution in [2.24, 2.45) is 0 Å². The first kappa shape index (κ1) is 16.6. The third kappa shape index (κ3) is 3.76. The van der Waals surface area contributed by atoms with Crippen LogP contribution in [-0.4, -0.2) is 15.0 Å². The number of furan rings is 1. The van der Waals surface area contributed by atoms with Crippen LogP contribution in [0.4, 0.5) is 0 Å². The summed E-state index contributed by atoms with van der Waals surface area (Å²) in [5.41, 5.74) is 3.78. The number of rotatable bonds is 4. The molecule has 0 saturated heterocycles. The summed E-state index contributed by atoms with van der Waals surface area (Å²) >= 11 is 0. The van der Waals surface area contributed by atoms with Crippen LogP contribution in [0.15, 0.2) is 132 Å². The van der Waals surface area contributed by atoms with Crippen LogP contribution >= 0.6 is 0 Å². The van der Waals surface area contributed by atoms with E-state index in [0.717, 1.165) is 21.9 Å². The molecule has 0 saturated carbocycles. The molecule has 0 bridgehead atoms. The Kier molecular flexibility index (Phi) is 3.96. The van der Waals surface area contributed by atoms with Gasteiger partial charge in [0.05, 0.1) is 12.4 Å². The van der Waals surface area contributed by atoms with Gasteiger partial charge in [-0.2, -0.15) is 0 Å². The molecule has 4 heteroatoms. The molecule has 174 valence electrons. The molecule has 7 aromatic rings. The quantitative estimate of drug-likeness (QED) is 0.254. The average molecular weight is 481 g/mol. The van der Waals surface area contributed by atoms with Crippen molar-refractivity contribution in [3.63, 3.8) is 0 Å². The Labute approximate surface area is 221 Å². The molecule has 0 spiro atoms. The van der Waals surface area contributed by atoms with Gasteiger partial charge in [-0.3, -0.25) is 0 Å². The molecule has 0 atom stereocenters. The van der Waals surface area contributed by atoms with E-state index in [9.17, 15) is 0 Å². The van der Waals surface area contributed by atoms with E-state index in [1.165, 1.54) is 0 Å². The molecule has 4 nitrogen and oxygen atoms in total. The minimum atomic E-state index is -0.439. The molecule has 37 heavy (non-hydrogen) atoms. The van der Waals surface area contributed by atoms with Crippen LogP contribution in [0.5, 0.6) is 0 Å². The van der Waals surface area contributed by atoms with E-state index in [-0.39, 0.29) is 17.6 Å². The summed E-state index contributed by atoms with van der Waals surface area (Å²) in [7, 11) is 0. The average Bonchev–Trinajstić information content (AvgIpc) is 3.43. The van der Waals surface area contributed by atoms with Crippen LogP contribution in [0.2, 0.25) is 0 Å². The molecule has 0 N–H and O–H groups in total. The zero-order valence-corrected chi connectivity index (χ0v) is 19.5. The third-order valence-corrected chi connectivity index (χ3v) is 6.23. The maximum atomic E-state index is 8.53. The summed E-state index contributed by atoms with van der Waals surface area (Å²) in [5, 5.41) is 1.54. The van der Waals surface area contributed by atoms with E-state index in [0.29, 0.717) is 39.8 Å². The van der Waals surface area contributed by atoms with Crippen LogP contribution < -0.4 is 0 Å². The zero-order valence-electron chi connectivity index (χ0n) is 24.5. The smallest absolute Gasteiger partial charge is 0.167 e. The molecule has 0 amide bonds. The molecule has 2 heterocycles. The Morgan fingerprint density at radius 3 is 1.57 bits per heavy atom. The Bertz CT molecular complexity index is 2060. The highest BCUT2D eigenvalue weighted by molar-refractivity contribution is 6.12. The van der Waals surface area contributed by atoms with E-state index in [1.54, 1.807) is 12.1 Å². The van der Waals surface area contributed by atoms with E-state index in [1.807, 2.05) is 84.9 Å². The highest BCUT2D eigenvalue weighted by atomic mass is 16.3. The van der Waals surface area contributed by atoms with Crippen LogP contribution in [0.1, 0.15) is 6.85 Å². The lowest BCUT2D eigenvalue weighted by Gasteiger charge is -2.08. The van der Waals surface area contributed by atoms with Crippen molar-refractivity contribution in [3.05, 3.63) is 127 Å². The highest BCUT2D eigenvalue weighted by Crippen LogP contribution is 2.39. The summed E-state index contributed by atoms with van der Waals surface area (Å²) < 4.78 is 47.9. The first-order valence-corrected chi connectivity index (χ1v) is 11.8. The second-order valence-corrected chi connectivity index (χ2v) is 8.50. The van der Waals surface area contributed by atoms with Gasteiger partial charge in [-0.25, -0.2) is 15.0 Å². The molecule has 5 aromatic carbocycles. The fraction of sp³-hybridized carbons (Fsp3) is 0. The Morgan fingerprint density at radius 2 is 0.973 bits per heavy atom. The van der Waals surface area contributed by atoms with Crippen molar-refractivity contribution in [2.45, 2.75) is 0 Å². The fourth-order valence-corrected chi connectivity index (χ4v) is 4.51. The predicted octanol–water partition coefficient (Wildman–Crippen LogP) is 8.44. The number of nitrogens with zero attached hydrogens (tertiary/aromatic N) is 3. The third-order valence-electron chi connectivity index (χ3n) is 6.23. The number of hydrogen-bond acceptors (Lipinski definition) is 4. The maximum absolute atomic E-state index is 8.53. The van der Waals surface area contributed by atoms with Gasteiger partial charge in [0.2, 0.25) is 0 Å². The van der Waals surface area contributed by atoms with Gasteiger partial charge in [0.15, 0.2) is 17.5 Å². The number of para-hydroxylation sites is 2. The van der Waals surface area contributed by atoms with Crippen LogP contribution in [0.3, 0.4) is 0 Å². The Morgan fingerprint density at radius 1 is 0.459 bits per heavy atom. The van der Waals surface area contributed by atoms with Crippen molar-refractivity contribution in [3.8, 4) is 45.3 Å². The van der Waals surface area contributed by atoms with Crippen molar-refractivity contribution >= 4 is 21.9 Å². The monoisotopic (exact) mass is 480 g/mol. The second kappa shape index (κ2) is 8.85. The number of fused-ring (bicyclic) bond motifs is 3. The number of aromatic nitrogens is 3. The van der Waals surface area contributed by atoms with Gasteiger partial charge in [0.25, 0.3) is 0 Å². The summed E-state index contributed by atoms with van der Waals surface area (Å²) in [6, 6.07) is 28.7. The molecule has 0 radical (unpaired) electrons. The van der Waals surface area contributed by atoms with Crippen molar-refractivity contribution < 1.29 is 11.3 Å². The van der Waals surface area contributed by atoms with Gasteiger partial charge >= 0.3 is 0 Å². The predicted molar refractivity (Wildman–Crippen MR) is 149 cm³/mol. The van der Waals surface area contributed by atoms with Gasteiger partial charge in [-0.15, -0.1) is 0 Å². The van der Waals surface area contributed by atoms with Crippen molar-refractivity contribution in [2.75, 3.05) is 0 Å². The van der Waals surface area contributed by atoms with Gasteiger partial charge in [0, 0.05) is 27.5 Å². The van der Waals surface area contributed by atoms with Crippen LogP contribution in [0.25, 0.3) is 67.2 Å². The summed E-state index contributed by atoms with van der Waals surface area (Å²) in [5.74, 6) is 1.47. The highest BCUT2D eigenvalue weighted by Gasteiger charge is 2.19. The Balaban J connectivity index is 1.50. The minimum Gasteiger partial charge on any atom is -0.455 e. The lowest BCUT2D eigenvalue weighted by atomic mass is 10.0. The van der Waals surface area contributed by atoms with E-state index in [4.69, 9.17) is 26.2 Å². The van der Waals surface area contributed by atoms with Gasteiger partial charge < -0.3 is 4.42 Å². The number of hydrogen-bond donors (Lipinski definition) is 0. The fourth-order valence-electron chi connectivity index (χ4n) is 4.51. The lowest BCUT2D eigenvalue weighted by molar-refractivity contribution is 0.670. The second-order valence-electron chi connectivity index (χ2n) is 8.50. The van der Waals surface area contributed by atoms with Crippen molar-refractivity contribution in [1.29, 1.82) is 0 Å². The van der Waals surface area contributed by atoms with E-state index >= 15 is 0 Å². The van der Waals surface area contributed by atoms with E-state index in [2.05, 4.69) is 0 Å². The molecule has 0 aliphatic rings. The molecule has 0 unspecified atom stereocenters. The Hall–Kier alpha value is -5.09. The maximum Gasteiger partial charge on any atom is 0.167 e. The normalized spacial score (nSPS) is 13.1. The van der Waals surface area contributed by atoms with E-state index < -0.39 is 18.1 Å². The molecule has 7 rings (SSSR count). The zero-order chi connectivity index (χ0) is 29.0. The molecule has 0 fully saturated rings. The minimum absolute atomic E-state index is 0.0881. The summed E-state index contributed by atoms with van der Waals surface area (Å²) in [6.45, 7) is 0. The summed E-state index contributed by atoms with van der Waals surface area (Å²) in [4.78, 5) is 14.5. The largest absolute Gasteiger partial charge is 0.455 e. The van der Waals surface area contributed by atoms with Gasteiger partial charge in [-0.05, 0) is 11.6 Å². The SMILES string of the molecule is [2H]c1c([2H])c([2H])c(-c2cccc3c2oc2c(-c4nc(-c5ccccc5)nc(-c5ccccc5)n4)cccc23)c([2H])c1[2H]. The standard InChI is InChI=1S/C33H21N3O/c1-4-12-22(13-5-1)25-18-10-19-26-27-20-11-21-28(30(27)37-29(25)26)33-35-31(23-14-6-2-7-15-23)34-32(36-33)24-16-8-3-9-17-24/h1-21H/i1D,4D,5D,12D,13D. The first-order chi connectivity index (χ1) is 20.4. The molecular weight excluding hydrogens is 454 g/mol. The van der Waals surface area contributed by atoms with Crippen molar-refractivity contribution in [1.82, 2.24) is 15.0 Å². The van der Waals surface area contributed by atoms with Gasteiger partial charge in [0.1, 0.15) is 11.2 Å².